The minimum Gasteiger partial charge on any atom is -0.507 e. The third kappa shape index (κ3) is 3.30. The highest BCUT2D eigenvalue weighted by molar-refractivity contribution is 5.45. The summed E-state index contributed by atoms with van der Waals surface area (Å²) in [7, 11) is 0. The van der Waals surface area contributed by atoms with E-state index in [1.165, 1.54) is 6.92 Å². The van der Waals surface area contributed by atoms with Gasteiger partial charge in [-0.1, -0.05) is 0 Å². The number of rotatable bonds is 3. The highest BCUT2D eigenvalue weighted by atomic mass is 19.4. The van der Waals surface area contributed by atoms with Crippen LogP contribution in [0, 0.1) is 6.92 Å². The molecule has 0 atom stereocenters. The Morgan fingerprint density at radius 2 is 2.00 bits per heavy atom. The van der Waals surface area contributed by atoms with Crippen molar-refractivity contribution in [1.29, 1.82) is 0 Å². The van der Waals surface area contributed by atoms with Gasteiger partial charge in [0.25, 0.3) is 0 Å². The van der Waals surface area contributed by atoms with Crippen LogP contribution in [0.1, 0.15) is 11.1 Å². The molecule has 1 aromatic carbocycles. The molecule has 0 aliphatic carbocycles. The molecule has 3 nitrogen and oxygen atoms in total. The summed E-state index contributed by atoms with van der Waals surface area (Å²) in [6.45, 7) is 1.74. The lowest BCUT2D eigenvalue weighted by atomic mass is 10.1. The first kappa shape index (κ1) is 12.6. The summed E-state index contributed by atoms with van der Waals surface area (Å²) in [5, 5.41) is 9.56. The van der Waals surface area contributed by atoms with Crippen molar-refractivity contribution in [2.45, 2.75) is 19.7 Å². The molecule has 16 heavy (non-hydrogen) atoms. The summed E-state index contributed by atoms with van der Waals surface area (Å²) in [6, 6.07) is 2.27. The molecule has 3 N–H and O–H groups in total. The average Bonchev–Trinajstić information content (AvgIpc) is 2.11. The summed E-state index contributed by atoms with van der Waals surface area (Å²) in [6.07, 6.45) is -4.44. The monoisotopic (exact) mass is 235 g/mol. The Bertz CT molecular complexity index is 377. The molecule has 0 aliphatic heterocycles. The Morgan fingerprint density at radius 1 is 1.38 bits per heavy atom. The number of benzene rings is 1. The summed E-state index contributed by atoms with van der Waals surface area (Å²) in [5.41, 5.74) is 5.96. The van der Waals surface area contributed by atoms with Crippen LogP contribution in [0.5, 0.6) is 11.5 Å². The smallest absolute Gasteiger partial charge is 0.507 e. The molecule has 1 aromatic rings. The zero-order chi connectivity index (χ0) is 12.3. The van der Waals surface area contributed by atoms with E-state index in [4.69, 9.17) is 5.73 Å². The van der Waals surface area contributed by atoms with Crippen LogP contribution in [0.4, 0.5) is 13.2 Å². The minimum absolute atomic E-state index is 0.0417. The molecule has 0 aliphatic rings. The van der Waals surface area contributed by atoms with Gasteiger partial charge in [0.2, 0.25) is 0 Å². The van der Waals surface area contributed by atoms with Gasteiger partial charge in [-0.2, -0.15) is 0 Å². The Kier molecular flexibility index (Phi) is 3.64. The van der Waals surface area contributed by atoms with Crippen molar-refractivity contribution in [2.75, 3.05) is 6.54 Å². The number of halogens is 3. The molecule has 6 heteroatoms. The van der Waals surface area contributed by atoms with Gasteiger partial charge in [-0.15, -0.1) is 13.2 Å². The highest BCUT2D eigenvalue weighted by Gasteiger charge is 2.31. The maximum atomic E-state index is 12.0. The summed E-state index contributed by atoms with van der Waals surface area (Å²) < 4.78 is 39.7. The van der Waals surface area contributed by atoms with Crippen molar-refractivity contribution in [3.8, 4) is 11.5 Å². The van der Waals surface area contributed by atoms with E-state index >= 15 is 0 Å². The number of aromatic hydroxyl groups is 1. The van der Waals surface area contributed by atoms with Gasteiger partial charge >= 0.3 is 6.36 Å². The number of aryl methyl sites for hydroxylation is 1. The summed E-state index contributed by atoms with van der Waals surface area (Å²) in [4.78, 5) is 0. The maximum absolute atomic E-state index is 12.0. The molecule has 90 valence electrons. The number of nitrogens with two attached hydrogens (primary N) is 1. The van der Waals surface area contributed by atoms with Crippen molar-refractivity contribution in [2.24, 2.45) is 5.73 Å². The average molecular weight is 235 g/mol. The van der Waals surface area contributed by atoms with Crippen LogP contribution in [0.2, 0.25) is 0 Å². The second-order valence-corrected chi connectivity index (χ2v) is 3.33. The van der Waals surface area contributed by atoms with Crippen LogP contribution in [-0.2, 0) is 6.42 Å². The third-order valence-corrected chi connectivity index (χ3v) is 2.00. The zero-order valence-corrected chi connectivity index (χ0v) is 8.64. The Balaban J connectivity index is 3.04. The van der Waals surface area contributed by atoms with Gasteiger partial charge < -0.3 is 15.6 Å². The van der Waals surface area contributed by atoms with E-state index in [0.29, 0.717) is 17.5 Å². The van der Waals surface area contributed by atoms with Gasteiger partial charge in [-0.25, -0.2) is 0 Å². The van der Waals surface area contributed by atoms with Crippen molar-refractivity contribution in [3.63, 3.8) is 0 Å². The molecule has 0 spiro atoms. The van der Waals surface area contributed by atoms with Crippen LogP contribution in [-0.4, -0.2) is 18.0 Å². The molecule has 0 heterocycles. The predicted octanol–water partition coefficient (Wildman–Crippen LogP) is 2.10. The molecule has 0 unspecified atom stereocenters. The number of hydrogen-bond donors (Lipinski definition) is 2. The molecule has 1 rings (SSSR count). The first-order valence-electron chi connectivity index (χ1n) is 4.62. The van der Waals surface area contributed by atoms with E-state index in [2.05, 4.69) is 4.74 Å². The number of hydrogen-bond acceptors (Lipinski definition) is 3. The van der Waals surface area contributed by atoms with Gasteiger partial charge in [-0.3, -0.25) is 0 Å². The highest BCUT2D eigenvalue weighted by Crippen LogP contribution is 2.31. The number of phenols is 1. The normalized spacial score (nSPS) is 11.6. The van der Waals surface area contributed by atoms with Crippen LogP contribution in [0.15, 0.2) is 12.1 Å². The second kappa shape index (κ2) is 4.61. The largest absolute Gasteiger partial charge is 0.573 e. The fourth-order valence-corrected chi connectivity index (χ4v) is 1.36. The molecule has 0 radical (unpaired) electrons. The summed E-state index contributed by atoms with van der Waals surface area (Å²) >= 11 is 0. The van der Waals surface area contributed by atoms with Crippen LogP contribution >= 0.6 is 0 Å². The predicted molar refractivity (Wildman–Crippen MR) is 52.3 cm³/mol. The van der Waals surface area contributed by atoms with Gasteiger partial charge in [0, 0.05) is 0 Å². The van der Waals surface area contributed by atoms with E-state index in [-0.39, 0.29) is 18.0 Å². The Hall–Kier alpha value is -1.43. The lowest BCUT2D eigenvalue weighted by molar-refractivity contribution is -0.274. The van der Waals surface area contributed by atoms with Crippen LogP contribution < -0.4 is 10.5 Å². The van der Waals surface area contributed by atoms with Crippen molar-refractivity contribution in [3.05, 3.63) is 23.3 Å². The Labute approximate surface area is 90.6 Å². The Morgan fingerprint density at radius 3 is 2.50 bits per heavy atom. The van der Waals surface area contributed by atoms with Gasteiger partial charge in [0.05, 0.1) is 0 Å². The maximum Gasteiger partial charge on any atom is 0.573 e. The van der Waals surface area contributed by atoms with Gasteiger partial charge in [0.1, 0.15) is 11.5 Å². The first-order chi connectivity index (χ1) is 7.33. The molecule has 0 saturated heterocycles. The van der Waals surface area contributed by atoms with Gasteiger partial charge in [0.15, 0.2) is 0 Å². The van der Waals surface area contributed by atoms with E-state index < -0.39 is 6.36 Å². The van der Waals surface area contributed by atoms with Crippen molar-refractivity contribution >= 4 is 0 Å². The topological polar surface area (TPSA) is 55.5 Å². The zero-order valence-electron chi connectivity index (χ0n) is 8.64. The lowest BCUT2D eigenvalue weighted by Crippen LogP contribution is -2.17. The first-order valence-corrected chi connectivity index (χ1v) is 4.62. The van der Waals surface area contributed by atoms with E-state index in [0.717, 1.165) is 12.1 Å². The number of phenolic OH excluding ortho intramolecular Hbond substituents is 1. The lowest BCUT2D eigenvalue weighted by Gasteiger charge is -2.12. The van der Waals surface area contributed by atoms with E-state index in [1.54, 1.807) is 0 Å². The molecule has 0 saturated carbocycles. The third-order valence-electron chi connectivity index (χ3n) is 2.00. The molecular formula is C10H12F3NO2. The second-order valence-electron chi connectivity index (χ2n) is 3.33. The van der Waals surface area contributed by atoms with Gasteiger partial charge in [-0.05, 0) is 43.1 Å². The molecule has 0 aromatic heterocycles. The van der Waals surface area contributed by atoms with Crippen molar-refractivity contribution < 1.29 is 23.0 Å². The quantitative estimate of drug-likeness (QED) is 0.843. The molecule has 0 fully saturated rings. The minimum atomic E-state index is -4.73. The summed E-state index contributed by atoms with van der Waals surface area (Å²) in [5.74, 6) is -0.383. The fourth-order valence-electron chi connectivity index (χ4n) is 1.36. The SMILES string of the molecule is Cc1cc(OC(F)(F)F)cc(CCN)c1O. The standard InChI is InChI=1S/C10H12F3NO2/c1-6-4-8(16-10(11,12)13)5-7(2-3-14)9(6)15/h4-5,15H,2-3,14H2,1H3. The van der Waals surface area contributed by atoms with Crippen LogP contribution in [0.25, 0.3) is 0 Å². The fraction of sp³-hybridized carbons (Fsp3) is 0.400. The van der Waals surface area contributed by atoms with Crippen molar-refractivity contribution in [1.82, 2.24) is 0 Å². The van der Waals surface area contributed by atoms with E-state index in [9.17, 15) is 18.3 Å². The molecular weight excluding hydrogens is 223 g/mol. The van der Waals surface area contributed by atoms with E-state index in [1.807, 2.05) is 0 Å². The van der Waals surface area contributed by atoms with Crippen LogP contribution in [0.3, 0.4) is 0 Å². The molecule has 0 amide bonds. The number of ether oxygens (including phenoxy) is 1. The molecule has 0 bridgehead atoms. The number of alkyl halides is 3.